The number of nitrogens with zero attached hydrogens (tertiary/aromatic N) is 4. The number of fused-ring (bicyclic) bond motifs is 1. The van der Waals surface area contributed by atoms with Crippen LogP contribution in [0, 0.1) is 0 Å². The van der Waals surface area contributed by atoms with Crippen LogP contribution in [0.2, 0.25) is 0 Å². The molecule has 31 heavy (non-hydrogen) atoms. The lowest BCUT2D eigenvalue weighted by Crippen LogP contribution is -2.25. The van der Waals surface area contributed by atoms with Crippen molar-refractivity contribution in [3.8, 4) is 0 Å². The fraction of sp³-hybridized carbons (Fsp3) is 0.400. The van der Waals surface area contributed by atoms with Crippen molar-refractivity contribution in [2.24, 2.45) is 4.99 Å². The summed E-state index contributed by atoms with van der Waals surface area (Å²) in [6, 6.07) is 1.87. The average Bonchev–Trinajstić information content (AvgIpc) is 3.45. The third-order valence-electron chi connectivity index (χ3n) is 4.39. The van der Waals surface area contributed by atoms with Gasteiger partial charge in [-0.15, -0.1) is 0 Å². The van der Waals surface area contributed by atoms with Gasteiger partial charge in [-0.25, -0.2) is 14.4 Å². The number of rotatable bonds is 11. The largest absolute Gasteiger partial charge is 0.474 e. The number of anilines is 2. The molecule has 0 aromatic carbocycles. The van der Waals surface area contributed by atoms with Gasteiger partial charge in [-0.3, -0.25) is 4.79 Å². The molecule has 0 aliphatic heterocycles. The molecule has 3 N–H and O–H groups in total. The highest BCUT2D eigenvalue weighted by atomic mass is 19.1. The lowest BCUT2D eigenvalue weighted by Gasteiger charge is -2.14. The number of aromatic nitrogens is 3. The molecule has 0 atom stereocenters. The molecule has 1 saturated carbocycles. The highest BCUT2D eigenvalue weighted by molar-refractivity contribution is 6.00. The summed E-state index contributed by atoms with van der Waals surface area (Å²) in [7, 11) is 3.26. The van der Waals surface area contributed by atoms with Crippen LogP contribution in [0.25, 0.3) is 5.65 Å². The van der Waals surface area contributed by atoms with Gasteiger partial charge in [-0.05, 0) is 32.6 Å². The summed E-state index contributed by atoms with van der Waals surface area (Å²) in [5.41, 5.74) is 0.905. The van der Waals surface area contributed by atoms with Crippen molar-refractivity contribution in [3.63, 3.8) is 0 Å². The van der Waals surface area contributed by atoms with Crippen LogP contribution in [-0.4, -0.2) is 60.6 Å². The van der Waals surface area contributed by atoms with E-state index >= 15 is 0 Å². The van der Waals surface area contributed by atoms with Crippen LogP contribution in [0.5, 0.6) is 0 Å². The van der Waals surface area contributed by atoms with Gasteiger partial charge in [0.05, 0.1) is 18.6 Å². The standard InChI is InChI=1S/C20H26FN7O3/c1-12(21)9-15(20(23-3)31-8-7-30-4)26-16-10-17(22-2)28-18(27-16)14(11-24-28)19(29)25-13-5-6-13/h9-11,13,22H,3,5-8H2,1-2,4H3,(H,25,29)(H,26,27)/b12-9+,20-15-. The zero-order valence-electron chi connectivity index (χ0n) is 17.7. The Morgan fingerprint density at radius 3 is 2.84 bits per heavy atom. The van der Waals surface area contributed by atoms with E-state index in [4.69, 9.17) is 9.47 Å². The van der Waals surface area contributed by atoms with Gasteiger partial charge in [0.15, 0.2) is 5.65 Å². The summed E-state index contributed by atoms with van der Waals surface area (Å²) in [6.45, 7) is 5.32. The number of methoxy groups -OCH3 is 1. The van der Waals surface area contributed by atoms with E-state index in [1.165, 1.54) is 23.7 Å². The van der Waals surface area contributed by atoms with E-state index < -0.39 is 5.83 Å². The summed E-state index contributed by atoms with van der Waals surface area (Å²) < 4.78 is 25.8. The first kappa shape index (κ1) is 22.2. The van der Waals surface area contributed by atoms with Crippen LogP contribution in [-0.2, 0) is 9.47 Å². The van der Waals surface area contributed by atoms with Gasteiger partial charge in [0.2, 0.25) is 5.88 Å². The van der Waals surface area contributed by atoms with Gasteiger partial charge in [0, 0.05) is 26.3 Å². The van der Waals surface area contributed by atoms with Gasteiger partial charge < -0.3 is 25.4 Å². The summed E-state index contributed by atoms with van der Waals surface area (Å²) >= 11 is 0. The number of carbonyl (C=O) groups excluding carboxylic acids is 1. The molecule has 0 saturated heterocycles. The van der Waals surface area contributed by atoms with Crippen LogP contribution in [0.3, 0.4) is 0 Å². The molecule has 2 heterocycles. The Bertz CT molecular complexity index is 1020. The van der Waals surface area contributed by atoms with E-state index in [1.54, 1.807) is 20.2 Å². The molecule has 11 heteroatoms. The first-order valence-electron chi connectivity index (χ1n) is 9.77. The second-order valence-electron chi connectivity index (χ2n) is 6.89. The van der Waals surface area contributed by atoms with Crippen LogP contribution in [0.1, 0.15) is 30.1 Å². The number of halogens is 1. The van der Waals surface area contributed by atoms with Crippen molar-refractivity contribution in [1.29, 1.82) is 0 Å². The van der Waals surface area contributed by atoms with Crippen LogP contribution < -0.4 is 16.0 Å². The third kappa shape index (κ3) is 5.57. The molecule has 10 nitrogen and oxygen atoms in total. The minimum Gasteiger partial charge on any atom is -0.474 e. The highest BCUT2D eigenvalue weighted by Gasteiger charge is 2.26. The third-order valence-corrected chi connectivity index (χ3v) is 4.39. The van der Waals surface area contributed by atoms with Crippen molar-refractivity contribution in [3.05, 3.63) is 41.3 Å². The van der Waals surface area contributed by atoms with Gasteiger partial charge in [-0.1, -0.05) is 0 Å². The fourth-order valence-corrected chi connectivity index (χ4v) is 2.77. The Morgan fingerprint density at radius 1 is 1.45 bits per heavy atom. The molecule has 0 spiro atoms. The molecule has 1 fully saturated rings. The topological polar surface area (TPSA) is 114 Å². The maximum atomic E-state index is 13.7. The van der Waals surface area contributed by atoms with Crippen molar-refractivity contribution >= 4 is 29.9 Å². The molecule has 1 aliphatic carbocycles. The monoisotopic (exact) mass is 431 g/mol. The predicted molar refractivity (Wildman–Crippen MR) is 116 cm³/mol. The molecule has 2 aromatic heterocycles. The molecule has 0 radical (unpaired) electrons. The highest BCUT2D eigenvalue weighted by Crippen LogP contribution is 2.24. The average molecular weight is 431 g/mol. The number of allylic oxidation sites excluding steroid dienone is 2. The van der Waals surface area contributed by atoms with E-state index in [0.717, 1.165) is 12.8 Å². The predicted octanol–water partition coefficient (Wildman–Crippen LogP) is 2.48. The number of nitrogens with one attached hydrogen (secondary N) is 3. The molecule has 166 valence electrons. The summed E-state index contributed by atoms with van der Waals surface area (Å²) in [4.78, 5) is 20.9. The Labute approximate surface area is 179 Å². The van der Waals surface area contributed by atoms with Crippen LogP contribution >= 0.6 is 0 Å². The van der Waals surface area contributed by atoms with E-state index in [0.29, 0.717) is 29.5 Å². The SMILES string of the molecule is C=N/C(OCCOC)=C(\C=C(/C)F)Nc1cc(NC)n2ncc(C(=O)NC3CC3)c2n1. The quantitative estimate of drug-likeness (QED) is 0.217. The lowest BCUT2D eigenvalue weighted by atomic mass is 10.3. The van der Waals surface area contributed by atoms with E-state index in [-0.39, 0.29) is 30.1 Å². The summed E-state index contributed by atoms with van der Waals surface area (Å²) in [6.07, 6.45) is 4.63. The zero-order valence-corrected chi connectivity index (χ0v) is 17.7. The van der Waals surface area contributed by atoms with Crippen molar-refractivity contribution in [1.82, 2.24) is 19.9 Å². The molecule has 3 rings (SSSR count). The molecule has 0 bridgehead atoms. The number of hydrogen-bond acceptors (Lipinski definition) is 8. The van der Waals surface area contributed by atoms with Gasteiger partial charge in [-0.2, -0.15) is 9.61 Å². The number of hydrogen-bond donors (Lipinski definition) is 3. The van der Waals surface area contributed by atoms with E-state index in [9.17, 15) is 9.18 Å². The number of amides is 1. The van der Waals surface area contributed by atoms with E-state index in [1.807, 2.05) is 0 Å². The minimum atomic E-state index is -0.470. The normalized spacial score (nSPS) is 14.8. The fourth-order valence-electron chi connectivity index (χ4n) is 2.77. The van der Waals surface area contributed by atoms with Crippen molar-refractivity contribution in [2.75, 3.05) is 38.0 Å². The van der Waals surface area contributed by atoms with Gasteiger partial charge in [0.1, 0.15) is 29.5 Å². The second kappa shape index (κ2) is 10.0. The first-order chi connectivity index (χ1) is 15.0. The van der Waals surface area contributed by atoms with Crippen molar-refractivity contribution < 1.29 is 18.7 Å². The Morgan fingerprint density at radius 2 is 2.23 bits per heavy atom. The summed E-state index contributed by atoms with van der Waals surface area (Å²) in [5, 5.41) is 13.2. The van der Waals surface area contributed by atoms with Gasteiger partial charge >= 0.3 is 0 Å². The van der Waals surface area contributed by atoms with E-state index in [2.05, 4.69) is 37.7 Å². The zero-order chi connectivity index (χ0) is 22.4. The Hall–Kier alpha value is -3.47. The van der Waals surface area contributed by atoms with Crippen molar-refractivity contribution in [2.45, 2.75) is 25.8 Å². The van der Waals surface area contributed by atoms with Crippen LogP contribution in [0.4, 0.5) is 16.0 Å². The molecular formula is C20H26FN7O3. The van der Waals surface area contributed by atoms with Gasteiger partial charge in [0.25, 0.3) is 5.91 Å². The molecular weight excluding hydrogens is 405 g/mol. The summed E-state index contributed by atoms with van der Waals surface area (Å²) in [5.74, 6) is 0.286. The minimum absolute atomic E-state index is 0.0851. The number of aliphatic imine (C=N–C) groups is 1. The smallest absolute Gasteiger partial charge is 0.256 e. The number of ether oxygens (including phenoxy) is 2. The van der Waals surface area contributed by atoms with Crippen LogP contribution in [0.15, 0.2) is 40.7 Å². The molecule has 2 aromatic rings. The second-order valence-corrected chi connectivity index (χ2v) is 6.89. The maximum Gasteiger partial charge on any atom is 0.256 e. The first-order valence-corrected chi connectivity index (χ1v) is 9.77. The molecule has 1 amide bonds. The molecule has 0 unspecified atom stereocenters. The Kier molecular flexibility index (Phi) is 7.19. The Balaban J connectivity index is 1.99. The maximum absolute atomic E-state index is 13.7. The lowest BCUT2D eigenvalue weighted by molar-refractivity contribution is 0.0952. The number of carbonyl (C=O) groups is 1. The molecule has 1 aliphatic rings.